The molecule has 0 amide bonds. The number of benzene rings is 1. The molecule has 1 heterocycles. The van der Waals surface area contributed by atoms with E-state index in [9.17, 15) is 5.02 Å². The predicted molar refractivity (Wildman–Crippen MR) is 49.9 cm³/mol. The van der Waals surface area contributed by atoms with Gasteiger partial charge in [0.15, 0.2) is 6.61 Å². The Labute approximate surface area is 81.8 Å². The number of nitrogens with zero attached hydrogens (tertiary/aromatic N) is 1. The zero-order valence-corrected chi connectivity index (χ0v) is 7.43. The van der Waals surface area contributed by atoms with Crippen LogP contribution in [-0.2, 0) is 11.3 Å². The molecule has 0 aliphatic carbocycles. The van der Waals surface area contributed by atoms with Crippen molar-refractivity contribution in [2.45, 2.75) is 6.61 Å². The molecule has 5 heteroatoms. The quantitative estimate of drug-likeness (QED) is 0.654. The van der Waals surface area contributed by atoms with Crippen molar-refractivity contribution >= 4 is 12.6 Å². The predicted octanol–water partition coefficient (Wildman–Crippen LogP) is -0.193. The number of hydrogen-bond acceptors (Lipinski definition) is 4. The molecule has 0 unspecified atom stereocenters. The molecule has 0 radical (unpaired) electrons. The summed E-state index contributed by atoms with van der Waals surface area (Å²) in [5.74, 6) is 0.522. The van der Waals surface area contributed by atoms with Crippen molar-refractivity contribution in [1.29, 1.82) is 5.26 Å². The van der Waals surface area contributed by atoms with Crippen molar-refractivity contribution in [2.24, 2.45) is 0 Å². The summed E-state index contributed by atoms with van der Waals surface area (Å²) in [5.41, 5.74) is 1.55. The van der Waals surface area contributed by atoms with Gasteiger partial charge in [-0.05, 0) is 11.6 Å². The zero-order chi connectivity index (χ0) is 9.97. The van der Waals surface area contributed by atoms with Gasteiger partial charge in [-0.1, -0.05) is 12.1 Å². The van der Waals surface area contributed by atoms with Crippen LogP contribution < -0.4 is 10.2 Å². The molecule has 0 spiro atoms. The Morgan fingerprint density at radius 2 is 2.50 bits per heavy atom. The maximum Gasteiger partial charge on any atom is 0.495 e. The molecule has 14 heavy (non-hydrogen) atoms. The van der Waals surface area contributed by atoms with Gasteiger partial charge in [0.2, 0.25) is 0 Å². The van der Waals surface area contributed by atoms with Gasteiger partial charge in [0.25, 0.3) is 0 Å². The summed E-state index contributed by atoms with van der Waals surface area (Å²) < 4.78 is 10.2. The molecule has 0 fully saturated rings. The highest BCUT2D eigenvalue weighted by molar-refractivity contribution is 6.62. The summed E-state index contributed by atoms with van der Waals surface area (Å²) in [7, 11) is -0.931. The van der Waals surface area contributed by atoms with E-state index in [1.165, 1.54) is 0 Å². The standard InChI is InChI=1S/C9H8BNO3/c11-4-5-13-8-3-1-2-7-6-14-10(12)9(7)8/h1-3,12H,5-6H2. The molecule has 0 bridgehead atoms. The Kier molecular flexibility index (Phi) is 2.40. The molecule has 70 valence electrons. The smallest absolute Gasteiger partial charge is 0.479 e. The summed E-state index contributed by atoms with van der Waals surface area (Å²) in [6.07, 6.45) is 0. The lowest BCUT2D eigenvalue weighted by atomic mass is 9.79. The molecule has 4 nitrogen and oxygen atoms in total. The van der Waals surface area contributed by atoms with Gasteiger partial charge in [0.1, 0.15) is 11.8 Å². The zero-order valence-electron chi connectivity index (χ0n) is 7.43. The molecular weight excluding hydrogens is 181 g/mol. The number of nitriles is 1. The van der Waals surface area contributed by atoms with Crippen LogP contribution in [0, 0.1) is 11.3 Å². The van der Waals surface area contributed by atoms with E-state index in [0.29, 0.717) is 17.8 Å². The molecule has 1 aromatic carbocycles. The molecule has 0 saturated carbocycles. The molecule has 0 saturated heterocycles. The first-order valence-electron chi connectivity index (χ1n) is 4.24. The summed E-state index contributed by atoms with van der Waals surface area (Å²) in [6, 6.07) is 7.27. The minimum atomic E-state index is -0.931. The Balaban J connectivity index is 2.33. The fraction of sp³-hybridized carbons (Fsp3) is 0.222. The first-order valence-corrected chi connectivity index (χ1v) is 4.24. The van der Waals surface area contributed by atoms with Gasteiger partial charge in [0, 0.05) is 5.46 Å². The first kappa shape index (κ1) is 9.07. The maximum absolute atomic E-state index is 9.48. The van der Waals surface area contributed by atoms with Gasteiger partial charge in [0.05, 0.1) is 6.61 Å². The fourth-order valence-corrected chi connectivity index (χ4v) is 1.48. The Bertz CT molecular complexity index is 388. The van der Waals surface area contributed by atoms with Crippen LogP contribution in [0.25, 0.3) is 0 Å². The second-order valence-electron chi connectivity index (χ2n) is 2.94. The third-order valence-electron chi connectivity index (χ3n) is 2.09. The minimum absolute atomic E-state index is 0.0246. The number of rotatable bonds is 2. The van der Waals surface area contributed by atoms with Gasteiger partial charge in [-0.15, -0.1) is 0 Å². The van der Waals surface area contributed by atoms with Crippen LogP contribution in [0.3, 0.4) is 0 Å². The van der Waals surface area contributed by atoms with E-state index in [1.54, 1.807) is 6.07 Å². The van der Waals surface area contributed by atoms with Crippen LogP contribution in [0.15, 0.2) is 18.2 Å². The summed E-state index contributed by atoms with van der Waals surface area (Å²) in [4.78, 5) is 0. The Morgan fingerprint density at radius 1 is 1.64 bits per heavy atom. The normalized spacial score (nSPS) is 13.6. The van der Waals surface area contributed by atoms with E-state index in [0.717, 1.165) is 5.56 Å². The number of ether oxygens (including phenoxy) is 1. The van der Waals surface area contributed by atoms with E-state index in [1.807, 2.05) is 18.2 Å². The lowest BCUT2D eigenvalue weighted by molar-refractivity contribution is 0.275. The van der Waals surface area contributed by atoms with E-state index in [-0.39, 0.29) is 6.61 Å². The monoisotopic (exact) mass is 189 g/mol. The van der Waals surface area contributed by atoms with Crippen LogP contribution in [0.5, 0.6) is 5.75 Å². The highest BCUT2D eigenvalue weighted by Gasteiger charge is 2.30. The lowest BCUT2D eigenvalue weighted by Crippen LogP contribution is -2.29. The van der Waals surface area contributed by atoms with Gasteiger partial charge in [-0.25, -0.2) is 0 Å². The molecule has 1 aliphatic heterocycles. The first-order chi connectivity index (χ1) is 6.83. The third kappa shape index (κ3) is 1.46. The maximum atomic E-state index is 9.48. The molecule has 1 N–H and O–H groups in total. The van der Waals surface area contributed by atoms with Crippen molar-refractivity contribution in [3.63, 3.8) is 0 Å². The van der Waals surface area contributed by atoms with Crippen molar-refractivity contribution in [2.75, 3.05) is 6.61 Å². The largest absolute Gasteiger partial charge is 0.495 e. The van der Waals surface area contributed by atoms with E-state index < -0.39 is 7.12 Å². The Hall–Kier alpha value is -1.51. The number of fused-ring (bicyclic) bond motifs is 1. The molecular formula is C9H8BNO3. The van der Waals surface area contributed by atoms with Gasteiger partial charge < -0.3 is 14.4 Å². The highest BCUT2D eigenvalue weighted by Crippen LogP contribution is 2.17. The van der Waals surface area contributed by atoms with Crippen molar-refractivity contribution in [3.05, 3.63) is 23.8 Å². The second kappa shape index (κ2) is 3.70. The van der Waals surface area contributed by atoms with Gasteiger partial charge in [-0.2, -0.15) is 5.26 Å². The average molecular weight is 189 g/mol. The molecule has 1 aliphatic rings. The summed E-state index contributed by atoms with van der Waals surface area (Å²) >= 11 is 0. The lowest BCUT2D eigenvalue weighted by Gasteiger charge is -2.06. The van der Waals surface area contributed by atoms with Crippen molar-refractivity contribution < 1.29 is 14.4 Å². The Morgan fingerprint density at radius 3 is 3.29 bits per heavy atom. The topological polar surface area (TPSA) is 62.5 Å². The minimum Gasteiger partial charge on any atom is -0.479 e. The van der Waals surface area contributed by atoms with Crippen LogP contribution in [0.4, 0.5) is 0 Å². The summed E-state index contributed by atoms with van der Waals surface area (Å²) in [5, 5.41) is 17.8. The van der Waals surface area contributed by atoms with Crippen LogP contribution >= 0.6 is 0 Å². The third-order valence-corrected chi connectivity index (χ3v) is 2.09. The van der Waals surface area contributed by atoms with Crippen LogP contribution in [0.2, 0.25) is 0 Å². The number of hydrogen-bond donors (Lipinski definition) is 1. The van der Waals surface area contributed by atoms with Crippen molar-refractivity contribution in [1.82, 2.24) is 0 Å². The molecule has 2 rings (SSSR count). The van der Waals surface area contributed by atoms with Crippen LogP contribution in [0.1, 0.15) is 5.56 Å². The molecule has 0 aromatic heterocycles. The van der Waals surface area contributed by atoms with E-state index in [4.69, 9.17) is 14.7 Å². The second-order valence-corrected chi connectivity index (χ2v) is 2.94. The summed E-state index contributed by atoms with van der Waals surface area (Å²) in [6.45, 7) is 0.365. The van der Waals surface area contributed by atoms with Gasteiger partial charge in [-0.3, -0.25) is 0 Å². The molecule has 1 aromatic rings. The fourth-order valence-electron chi connectivity index (χ4n) is 1.48. The molecule has 0 atom stereocenters. The van der Waals surface area contributed by atoms with E-state index in [2.05, 4.69) is 0 Å². The van der Waals surface area contributed by atoms with Crippen LogP contribution in [-0.4, -0.2) is 18.7 Å². The van der Waals surface area contributed by atoms with Crippen molar-refractivity contribution in [3.8, 4) is 11.8 Å². The SMILES string of the molecule is N#CCOc1cccc2c1B(O)OC2. The average Bonchev–Trinajstić information content (AvgIpc) is 2.58. The van der Waals surface area contributed by atoms with Gasteiger partial charge >= 0.3 is 7.12 Å². The highest BCUT2D eigenvalue weighted by atomic mass is 16.5. The van der Waals surface area contributed by atoms with E-state index >= 15 is 0 Å².